The Morgan fingerprint density at radius 2 is 2.15 bits per heavy atom. The Morgan fingerprint density at radius 3 is 2.75 bits per heavy atom. The second-order valence-corrected chi connectivity index (χ2v) is 4.86. The molecule has 1 aromatic rings. The molecule has 0 amide bonds. The number of halogens is 2. The predicted octanol–water partition coefficient (Wildman–Crippen LogP) is 3.19. The molecule has 1 aromatic heterocycles. The largest absolute Gasteiger partial charge is 0.383 e. The minimum Gasteiger partial charge on any atom is -0.383 e. The van der Waals surface area contributed by atoms with E-state index < -0.39 is 0 Å². The van der Waals surface area contributed by atoms with Crippen LogP contribution >= 0.6 is 23.2 Å². The lowest BCUT2D eigenvalue weighted by Crippen LogP contribution is -2.29. The van der Waals surface area contributed by atoms with E-state index in [4.69, 9.17) is 33.2 Å². The lowest BCUT2D eigenvalue weighted by Gasteiger charge is -2.24. The fourth-order valence-electron chi connectivity index (χ4n) is 1.68. The molecule has 0 saturated heterocycles. The first-order chi connectivity index (χ1) is 9.63. The number of hydrogen-bond acceptors (Lipinski definition) is 5. The number of rotatable bonds is 8. The molecule has 1 rings (SSSR count). The van der Waals surface area contributed by atoms with Crippen molar-refractivity contribution in [1.29, 1.82) is 5.26 Å². The van der Waals surface area contributed by atoms with Crippen LogP contribution in [0.1, 0.15) is 13.3 Å². The highest BCUT2D eigenvalue weighted by Crippen LogP contribution is 2.31. The Labute approximate surface area is 129 Å². The van der Waals surface area contributed by atoms with Crippen molar-refractivity contribution in [2.75, 3.05) is 43.6 Å². The molecule has 5 nitrogen and oxygen atoms in total. The van der Waals surface area contributed by atoms with Crippen LogP contribution in [0.5, 0.6) is 0 Å². The molecule has 0 unspecified atom stereocenters. The number of hydrogen-bond donors (Lipinski definition) is 1. The van der Waals surface area contributed by atoms with Crippen LogP contribution in [-0.4, -0.2) is 38.3 Å². The highest BCUT2D eigenvalue weighted by molar-refractivity contribution is 6.37. The average Bonchev–Trinajstić information content (AvgIpc) is 2.43. The lowest BCUT2D eigenvalue weighted by molar-refractivity contribution is 0.205. The summed E-state index contributed by atoms with van der Waals surface area (Å²) < 4.78 is 5.08. The molecular weight excluding hydrogens is 299 g/mol. The monoisotopic (exact) mass is 316 g/mol. The fourth-order valence-corrected chi connectivity index (χ4v) is 2.23. The van der Waals surface area contributed by atoms with Gasteiger partial charge in [0.05, 0.1) is 29.1 Å². The van der Waals surface area contributed by atoms with Crippen LogP contribution in [0.2, 0.25) is 10.0 Å². The number of methoxy groups -OCH3 is 1. The first kappa shape index (κ1) is 16.8. The molecule has 20 heavy (non-hydrogen) atoms. The van der Waals surface area contributed by atoms with Crippen LogP contribution in [-0.2, 0) is 4.74 Å². The fraction of sp³-hybridized carbons (Fsp3) is 0.538. The Hall–Kier alpha value is -1.22. The predicted molar refractivity (Wildman–Crippen MR) is 82.7 cm³/mol. The van der Waals surface area contributed by atoms with Crippen LogP contribution in [0.4, 0.5) is 11.6 Å². The SMILES string of the molecule is CCNc1nc(N(CCC#N)CCOC)c(Cl)cc1Cl. The van der Waals surface area contributed by atoms with E-state index in [9.17, 15) is 0 Å². The molecule has 7 heteroatoms. The van der Waals surface area contributed by atoms with Crippen LogP contribution in [0.15, 0.2) is 6.07 Å². The number of pyridine rings is 1. The minimum absolute atomic E-state index is 0.390. The van der Waals surface area contributed by atoms with E-state index in [1.807, 2.05) is 11.8 Å². The zero-order valence-corrected chi connectivity index (χ0v) is 13.1. The number of nitriles is 1. The van der Waals surface area contributed by atoms with Crippen molar-refractivity contribution in [1.82, 2.24) is 4.98 Å². The third-order valence-corrected chi connectivity index (χ3v) is 3.18. The maximum atomic E-state index is 8.74. The van der Waals surface area contributed by atoms with Crippen molar-refractivity contribution in [3.63, 3.8) is 0 Å². The summed E-state index contributed by atoms with van der Waals surface area (Å²) in [5.74, 6) is 1.20. The highest BCUT2D eigenvalue weighted by Gasteiger charge is 2.15. The van der Waals surface area contributed by atoms with Gasteiger partial charge in [0.1, 0.15) is 11.6 Å². The van der Waals surface area contributed by atoms with Crippen LogP contribution in [0.25, 0.3) is 0 Å². The van der Waals surface area contributed by atoms with Gasteiger partial charge in [-0.25, -0.2) is 4.98 Å². The summed E-state index contributed by atoms with van der Waals surface area (Å²) in [6.45, 7) is 4.36. The molecule has 0 fully saturated rings. The van der Waals surface area contributed by atoms with E-state index in [0.717, 1.165) is 0 Å². The van der Waals surface area contributed by atoms with Crippen LogP contribution in [0, 0.1) is 11.3 Å². The first-order valence-corrected chi connectivity index (χ1v) is 7.10. The number of anilines is 2. The van der Waals surface area contributed by atoms with Gasteiger partial charge in [0.25, 0.3) is 0 Å². The molecule has 0 radical (unpaired) electrons. The van der Waals surface area contributed by atoms with Crippen molar-refractivity contribution in [2.24, 2.45) is 0 Å². The Kier molecular flexibility index (Phi) is 7.45. The third-order valence-electron chi connectivity index (χ3n) is 2.61. The second kappa shape index (κ2) is 8.85. The van der Waals surface area contributed by atoms with Crippen molar-refractivity contribution in [3.05, 3.63) is 16.1 Å². The van der Waals surface area contributed by atoms with Crippen molar-refractivity contribution >= 4 is 34.8 Å². The molecule has 0 spiro atoms. The van der Waals surface area contributed by atoms with Crippen LogP contribution in [0.3, 0.4) is 0 Å². The first-order valence-electron chi connectivity index (χ1n) is 6.34. The van der Waals surface area contributed by atoms with E-state index >= 15 is 0 Å². The van der Waals surface area contributed by atoms with Gasteiger partial charge in [0.2, 0.25) is 0 Å². The normalized spacial score (nSPS) is 10.2. The zero-order chi connectivity index (χ0) is 15.0. The summed E-state index contributed by atoms with van der Waals surface area (Å²) in [5.41, 5.74) is 0. The van der Waals surface area contributed by atoms with Gasteiger partial charge in [-0.2, -0.15) is 5.26 Å². The summed E-state index contributed by atoms with van der Waals surface area (Å²) >= 11 is 12.3. The number of aromatic nitrogens is 1. The van der Waals surface area contributed by atoms with Gasteiger partial charge in [0, 0.05) is 26.7 Å². The van der Waals surface area contributed by atoms with Crippen LogP contribution < -0.4 is 10.2 Å². The quantitative estimate of drug-likeness (QED) is 0.798. The lowest BCUT2D eigenvalue weighted by atomic mass is 10.3. The molecule has 0 bridgehead atoms. The minimum atomic E-state index is 0.390. The molecule has 0 aliphatic heterocycles. The maximum Gasteiger partial charge on any atom is 0.150 e. The molecule has 0 aliphatic carbocycles. The van der Waals surface area contributed by atoms with E-state index in [-0.39, 0.29) is 0 Å². The summed E-state index contributed by atoms with van der Waals surface area (Å²) in [5, 5.41) is 12.8. The zero-order valence-electron chi connectivity index (χ0n) is 11.6. The van der Waals surface area contributed by atoms with E-state index in [2.05, 4.69) is 16.4 Å². The van der Waals surface area contributed by atoms with E-state index in [1.54, 1.807) is 13.2 Å². The maximum absolute atomic E-state index is 8.74. The number of ether oxygens (including phenoxy) is 1. The molecule has 1 N–H and O–H groups in total. The van der Waals surface area contributed by atoms with E-state index in [1.165, 1.54) is 0 Å². The highest BCUT2D eigenvalue weighted by atomic mass is 35.5. The van der Waals surface area contributed by atoms with Crippen molar-refractivity contribution < 1.29 is 4.74 Å². The van der Waals surface area contributed by atoms with E-state index in [0.29, 0.717) is 54.3 Å². The van der Waals surface area contributed by atoms with Crippen molar-refractivity contribution in [3.8, 4) is 6.07 Å². The molecule has 0 atom stereocenters. The summed E-state index contributed by atoms with van der Waals surface area (Å²) in [4.78, 5) is 6.38. The van der Waals surface area contributed by atoms with Gasteiger partial charge in [-0.05, 0) is 13.0 Å². The molecule has 110 valence electrons. The number of nitrogens with one attached hydrogen (secondary N) is 1. The average molecular weight is 317 g/mol. The summed E-state index contributed by atoms with van der Waals surface area (Å²) in [6.07, 6.45) is 0.390. The second-order valence-electron chi connectivity index (χ2n) is 4.04. The standard InChI is InChI=1S/C13H18Cl2N4O/c1-3-17-12-10(14)9-11(15)13(18-12)19(6-4-5-16)7-8-20-2/h9H,3-4,6-8H2,1-2H3,(H,17,18). The van der Waals surface area contributed by atoms with Gasteiger partial charge >= 0.3 is 0 Å². The summed E-state index contributed by atoms with van der Waals surface area (Å²) in [7, 11) is 1.63. The molecular formula is C13H18Cl2N4O. The van der Waals surface area contributed by atoms with Gasteiger partial charge in [-0.1, -0.05) is 23.2 Å². The Morgan fingerprint density at radius 1 is 1.40 bits per heavy atom. The van der Waals surface area contributed by atoms with Crippen molar-refractivity contribution in [2.45, 2.75) is 13.3 Å². The number of nitrogens with zero attached hydrogens (tertiary/aromatic N) is 3. The summed E-state index contributed by atoms with van der Waals surface area (Å²) in [6, 6.07) is 3.78. The Balaban J connectivity index is 3.03. The Bertz CT molecular complexity index is 476. The van der Waals surface area contributed by atoms with Gasteiger partial charge in [0.15, 0.2) is 0 Å². The molecule has 0 saturated carbocycles. The van der Waals surface area contributed by atoms with Gasteiger partial charge in [-0.3, -0.25) is 0 Å². The molecule has 0 aliphatic rings. The third kappa shape index (κ3) is 4.71. The van der Waals surface area contributed by atoms with Gasteiger partial charge in [-0.15, -0.1) is 0 Å². The van der Waals surface area contributed by atoms with Gasteiger partial charge < -0.3 is 15.0 Å². The molecule has 1 heterocycles. The topological polar surface area (TPSA) is 61.2 Å². The smallest absolute Gasteiger partial charge is 0.150 e. The molecule has 0 aromatic carbocycles.